The molecule has 8 atom stereocenters. The summed E-state index contributed by atoms with van der Waals surface area (Å²) in [5.74, 6) is 7.69. The molecule has 0 heterocycles. The second-order valence-electron chi connectivity index (χ2n) is 10.4. The van der Waals surface area contributed by atoms with Gasteiger partial charge in [-0.05, 0) is 109 Å². The quantitative estimate of drug-likeness (QED) is 0.210. The predicted octanol–water partition coefficient (Wildman–Crippen LogP) is 8.38. The van der Waals surface area contributed by atoms with E-state index in [1.807, 2.05) is 0 Å². The van der Waals surface area contributed by atoms with E-state index in [1.165, 1.54) is 49.7 Å². The lowest BCUT2D eigenvalue weighted by Crippen LogP contribution is -2.61. The molecule has 10 rings (SSSR count). The lowest BCUT2D eigenvalue weighted by Gasteiger charge is -2.68. The molecule has 28 heavy (non-hydrogen) atoms. The lowest BCUT2D eigenvalue weighted by molar-refractivity contribution is -0.132. The van der Waals surface area contributed by atoms with Gasteiger partial charge in [-0.2, -0.15) is 0 Å². The Morgan fingerprint density at radius 1 is 0.500 bits per heavy atom. The third-order valence-corrected chi connectivity index (χ3v) is 11.8. The highest BCUT2D eigenvalue weighted by molar-refractivity contribution is 6.52. The van der Waals surface area contributed by atoms with Crippen LogP contribution in [0.2, 0.25) is 20.1 Å². The van der Waals surface area contributed by atoms with E-state index < -0.39 is 0 Å². The molecule has 0 unspecified atom stereocenters. The van der Waals surface area contributed by atoms with Crippen LogP contribution in [0.5, 0.6) is 0 Å². The van der Waals surface area contributed by atoms with Crippen molar-refractivity contribution in [3.05, 3.63) is 43.4 Å². The molecular weight excluding hydrogens is 430 g/mol. The molecule has 6 bridgehead atoms. The molecule has 0 nitrogen and oxygen atoms in total. The van der Waals surface area contributed by atoms with Crippen molar-refractivity contribution < 1.29 is 0 Å². The fraction of sp³-hybridized carbons (Fsp3) is 0.667. The average Bonchev–Trinajstić information content (AvgIpc) is 2.77. The summed E-state index contributed by atoms with van der Waals surface area (Å²) in [4.78, 5) is 0. The number of hydrogen-bond donors (Lipinski definition) is 0. The molecule has 4 heteroatoms. The summed E-state index contributed by atoms with van der Waals surface area (Å²) in [5.41, 5.74) is 2.52. The highest BCUT2D eigenvalue weighted by Gasteiger charge is 2.64. The summed E-state index contributed by atoms with van der Waals surface area (Å²) in [6, 6.07) is 0. The summed E-state index contributed by atoms with van der Waals surface area (Å²) in [5, 5.41) is 2.29. The van der Waals surface area contributed by atoms with Gasteiger partial charge in [-0.1, -0.05) is 58.6 Å². The number of hydrogen-bond acceptors (Lipinski definition) is 0. The van der Waals surface area contributed by atoms with Gasteiger partial charge in [-0.25, -0.2) is 0 Å². The summed E-state index contributed by atoms with van der Waals surface area (Å²) in [6.07, 6.45) is 13.6. The van der Waals surface area contributed by atoms with E-state index >= 15 is 0 Å². The van der Waals surface area contributed by atoms with Crippen molar-refractivity contribution in [3.63, 3.8) is 0 Å². The van der Waals surface area contributed by atoms with E-state index in [0.29, 0.717) is 31.9 Å². The molecule has 0 amide bonds. The van der Waals surface area contributed by atoms with Crippen molar-refractivity contribution in [1.29, 1.82) is 0 Å². The zero-order valence-corrected chi connectivity index (χ0v) is 18.7. The highest BCUT2D eigenvalue weighted by atomic mass is 35.5. The van der Waals surface area contributed by atoms with Gasteiger partial charge >= 0.3 is 0 Å². The van der Waals surface area contributed by atoms with E-state index in [0.717, 1.165) is 47.3 Å². The smallest absolute Gasteiger partial charge is 0.0796 e. The van der Waals surface area contributed by atoms with Gasteiger partial charge in [0.2, 0.25) is 0 Å². The molecule has 0 aromatic heterocycles. The van der Waals surface area contributed by atoms with Gasteiger partial charge in [0.25, 0.3) is 0 Å². The maximum absolute atomic E-state index is 6.82. The first kappa shape index (κ1) is 17.8. The second-order valence-corrected chi connectivity index (χ2v) is 11.9. The molecule has 1 aromatic rings. The van der Waals surface area contributed by atoms with E-state index in [-0.39, 0.29) is 0 Å². The third kappa shape index (κ3) is 1.94. The molecule has 0 spiro atoms. The summed E-state index contributed by atoms with van der Waals surface area (Å²) in [6.45, 7) is 0. The monoisotopic (exact) mass is 452 g/mol. The highest BCUT2D eigenvalue weighted by Crippen LogP contribution is 2.73. The van der Waals surface area contributed by atoms with Crippen LogP contribution in [-0.4, -0.2) is 0 Å². The van der Waals surface area contributed by atoms with Crippen LogP contribution >= 0.6 is 46.4 Å². The molecule has 0 radical (unpaired) electrons. The van der Waals surface area contributed by atoms with Gasteiger partial charge < -0.3 is 0 Å². The van der Waals surface area contributed by atoms with E-state index in [9.17, 15) is 0 Å². The minimum atomic E-state index is 0.460. The van der Waals surface area contributed by atoms with Crippen molar-refractivity contribution in [2.45, 2.75) is 50.4 Å². The summed E-state index contributed by atoms with van der Waals surface area (Å²) < 4.78 is 0. The normalized spacial score (nSPS) is 49.1. The van der Waals surface area contributed by atoms with Gasteiger partial charge in [0.05, 0.1) is 20.1 Å². The molecule has 1 aromatic carbocycles. The van der Waals surface area contributed by atoms with Crippen molar-refractivity contribution in [2.24, 2.45) is 47.3 Å². The number of halogens is 4. The molecule has 5 saturated carbocycles. The first-order chi connectivity index (χ1) is 13.6. The standard InChI is InChI=1S/C24H24Cl4/c25-21-19-13-7-8-14(20(19)22(26)24(28)23(21)27)18-12-6-5-11(17(13)18)15-9-1-2-10(4-3-9)16(12)15/h5-6,9-18H,1-4,7-8H2/t9?,10?,11-,12+,13+,14-,15+,16-,17+,18-. The van der Waals surface area contributed by atoms with E-state index in [4.69, 9.17) is 46.4 Å². The number of fused-ring (bicyclic) bond motifs is 3. The molecule has 5 fully saturated rings. The van der Waals surface area contributed by atoms with E-state index in [2.05, 4.69) is 12.2 Å². The Hall–Kier alpha value is 0.120. The average molecular weight is 454 g/mol. The summed E-state index contributed by atoms with van der Waals surface area (Å²) >= 11 is 26.7. The maximum Gasteiger partial charge on any atom is 0.0796 e. The molecule has 9 aliphatic rings. The van der Waals surface area contributed by atoms with Crippen LogP contribution in [0.25, 0.3) is 0 Å². The Balaban J connectivity index is 1.44. The topological polar surface area (TPSA) is 0 Å². The number of benzene rings is 1. The predicted molar refractivity (Wildman–Crippen MR) is 117 cm³/mol. The van der Waals surface area contributed by atoms with Crippen LogP contribution < -0.4 is 0 Å². The first-order valence-electron chi connectivity index (χ1n) is 11.1. The van der Waals surface area contributed by atoms with Crippen LogP contribution in [-0.2, 0) is 0 Å². The fourth-order valence-electron chi connectivity index (χ4n) is 9.36. The molecule has 0 N–H and O–H groups in total. The molecular formula is C24H24Cl4. The minimum absolute atomic E-state index is 0.460. The zero-order valence-electron chi connectivity index (χ0n) is 15.7. The first-order valence-corrected chi connectivity index (χ1v) is 12.6. The SMILES string of the molecule is Clc1c(Cl)c(Cl)c2c(c1Cl)[C@H]1CC[C@@H]2[C@H]2[C@H]3C=C[C@H]([C@@H]4C5CCC(CC5)[C@H]34)[C@H]21. The molecule has 148 valence electrons. The fourth-order valence-corrected chi connectivity index (χ4v) is 10.5. The van der Waals surface area contributed by atoms with E-state index in [1.54, 1.807) is 0 Å². The van der Waals surface area contributed by atoms with Gasteiger partial charge in [0.1, 0.15) is 0 Å². The Bertz CT molecular complexity index is 839. The summed E-state index contributed by atoms with van der Waals surface area (Å²) in [7, 11) is 0. The second kappa shape index (κ2) is 5.87. The van der Waals surface area contributed by atoms with Crippen molar-refractivity contribution in [1.82, 2.24) is 0 Å². The van der Waals surface area contributed by atoms with Crippen LogP contribution in [0.3, 0.4) is 0 Å². The largest absolute Gasteiger partial charge is 0.0845 e. The zero-order chi connectivity index (χ0) is 18.9. The van der Waals surface area contributed by atoms with Gasteiger partial charge in [-0.3, -0.25) is 0 Å². The Kier molecular flexibility index (Phi) is 3.73. The molecule has 0 saturated heterocycles. The van der Waals surface area contributed by atoms with Crippen molar-refractivity contribution >= 4 is 46.4 Å². The molecule has 0 aliphatic heterocycles. The van der Waals surface area contributed by atoms with Gasteiger partial charge in [0, 0.05) is 0 Å². The molecule has 9 aliphatic carbocycles. The maximum atomic E-state index is 6.82. The van der Waals surface area contributed by atoms with Crippen LogP contribution in [0, 0.1) is 47.3 Å². The Morgan fingerprint density at radius 3 is 1.29 bits per heavy atom. The van der Waals surface area contributed by atoms with Crippen molar-refractivity contribution in [2.75, 3.05) is 0 Å². The minimum Gasteiger partial charge on any atom is -0.0845 e. The number of rotatable bonds is 0. The third-order valence-electron chi connectivity index (χ3n) is 9.93. The van der Waals surface area contributed by atoms with Crippen LogP contribution in [0.15, 0.2) is 12.2 Å². The van der Waals surface area contributed by atoms with Crippen LogP contribution in [0.1, 0.15) is 61.5 Å². The lowest BCUT2D eigenvalue weighted by atomic mass is 9.37. The van der Waals surface area contributed by atoms with Gasteiger partial charge in [0.15, 0.2) is 0 Å². The Morgan fingerprint density at radius 2 is 0.893 bits per heavy atom. The van der Waals surface area contributed by atoms with Crippen molar-refractivity contribution in [3.8, 4) is 0 Å². The van der Waals surface area contributed by atoms with Gasteiger partial charge in [-0.15, -0.1) is 0 Å². The number of allylic oxidation sites excluding steroid dienone is 2. The van der Waals surface area contributed by atoms with Crippen LogP contribution in [0.4, 0.5) is 0 Å². The Labute approximate surface area is 186 Å².